The first kappa shape index (κ1) is 16.9. The van der Waals surface area contributed by atoms with Gasteiger partial charge < -0.3 is 10.1 Å². The molecule has 26 heavy (non-hydrogen) atoms. The molecule has 0 atom stereocenters. The van der Waals surface area contributed by atoms with E-state index < -0.39 is 22.1 Å². The number of phenolic OH excluding ortho intramolecular Hbond substituents is 1. The molecule has 0 aliphatic carbocycles. The van der Waals surface area contributed by atoms with Crippen molar-refractivity contribution >= 4 is 28.4 Å². The monoisotopic (exact) mass is 347 g/mol. The van der Waals surface area contributed by atoms with Crippen molar-refractivity contribution in [3.63, 3.8) is 0 Å². The highest BCUT2D eigenvalue weighted by atomic mass is 16.6. The average Bonchev–Trinajstić information content (AvgIpc) is 3.05. The Morgan fingerprint density at radius 2 is 2.12 bits per heavy atom. The SMILES string of the molecule is Cc1cccc2[nH]cc(C(=O)/C(C#N)=C\c3ccc(O)c([N+](=O)[O-])c3)c12. The van der Waals surface area contributed by atoms with Crippen molar-refractivity contribution in [1.82, 2.24) is 4.98 Å². The van der Waals surface area contributed by atoms with Gasteiger partial charge in [-0.15, -0.1) is 0 Å². The molecule has 2 aromatic carbocycles. The Bertz CT molecular complexity index is 1120. The summed E-state index contributed by atoms with van der Waals surface area (Å²) in [6, 6.07) is 11.1. The molecule has 3 aromatic rings. The Labute approximate surface area is 148 Å². The van der Waals surface area contributed by atoms with Gasteiger partial charge in [0.15, 0.2) is 5.75 Å². The summed E-state index contributed by atoms with van der Waals surface area (Å²) in [5, 5.41) is 30.6. The highest BCUT2D eigenvalue weighted by molar-refractivity contribution is 6.20. The zero-order valence-corrected chi connectivity index (χ0v) is 13.7. The van der Waals surface area contributed by atoms with E-state index in [4.69, 9.17) is 0 Å². The number of aryl methyl sites for hydroxylation is 1. The molecule has 0 fully saturated rings. The third kappa shape index (κ3) is 2.91. The first-order valence-electron chi connectivity index (χ1n) is 7.63. The van der Waals surface area contributed by atoms with Crippen molar-refractivity contribution in [1.29, 1.82) is 5.26 Å². The zero-order valence-electron chi connectivity index (χ0n) is 13.7. The fourth-order valence-electron chi connectivity index (χ4n) is 2.78. The molecule has 0 bridgehead atoms. The average molecular weight is 347 g/mol. The molecule has 2 N–H and O–H groups in total. The molecule has 3 rings (SSSR count). The van der Waals surface area contributed by atoms with Crippen LogP contribution in [0.3, 0.4) is 0 Å². The number of nitro groups is 1. The van der Waals surface area contributed by atoms with E-state index >= 15 is 0 Å². The van der Waals surface area contributed by atoms with E-state index in [-0.39, 0.29) is 11.1 Å². The molecule has 0 spiro atoms. The predicted molar refractivity (Wildman–Crippen MR) is 95.7 cm³/mol. The van der Waals surface area contributed by atoms with E-state index in [2.05, 4.69) is 4.98 Å². The van der Waals surface area contributed by atoms with Crippen molar-refractivity contribution in [2.45, 2.75) is 6.92 Å². The number of H-pyrrole nitrogens is 1. The quantitative estimate of drug-likeness (QED) is 0.244. The summed E-state index contributed by atoms with van der Waals surface area (Å²) in [5.74, 6) is -0.965. The summed E-state index contributed by atoms with van der Waals surface area (Å²) in [4.78, 5) is 26.0. The normalized spacial score (nSPS) is 11.3. The zero-order chi connectivity index (χ0) is 18.8. The number of nitrogens with one attached hydrogen (secondary N) is 1. The molecule has 0 aliphatic rings. The minimum atomic E-state index is -0.733. The van der Waals surface area contributed by atoms with Gasteiger partial charge in [0.05, 0.1) is 4.92 Å². The smallest absolute Gasteiger partial charge is 0.311 e. The van der Waals surface area contributed by atoms with Crippen LogP contribution in [0.1, 0.15) is 21.5 Å². The summed E-state index contributed by atoms with van der Waals surface area (Å²) in [7, 11) is 0. The Morgan fingerprint density at radius 3 is 2.81 bits per heavy atom. The number of nitrogens with zero attached hydrogens (tertiary/aromatic N) is 2. The van der Waals surface area contributed by atoms with E-state index in [1.807, 2.05) is 31.2 Å². The lowest BCUT2D eigenvalue weighted by Gasteiger charge is -2.02. The lowest BCUT2D eigenvalue weighted by Crippen LogP contribution is -2.01. The van der Waals surface area contributed by atoms with Gasteiger partial charge in [-0.3, -0.25) is 14.9 Å². The number of rotatable bonds is 4. The van der Waals surface area contributed by atoms with Gasteiger partial charge in [0.1, 0.15) is 11.6 Å². The molecule has 0 aliphatic heterocycles. The van der Waals surface area contributed by atoms with E-state index in [0.717, 1.165) is 28.6 Å². The lowest BCUT2D eigenvalue weighted by molar-refractivity contribution is -0.385. The summed E-state index contributed by atoms with van der Waals surface area (Å²) in [5.41, 5.74) is 1.66. The minimum absolute atomic E-state index is 0.158. The molecule has 0 radical (unpaired) electrons. The Kier molecular flexibility index (Phi) is 4.25. The molecule has 0 unspecified atom stereocenters. The number of carbonyl (C=O) groups excluding carboxylic acids is 1. The van der Waals surface area contributed by atoms with Crippen LogP contribution in [0.25, 0.3) is 17.0 Å². The Balaban J connectivity index is 2.07. The molecular weight excluding hydrogens is 334 g/mol. The van der Waals surface area contributed by atoms with Crippen LogP contribution in [-0.2, 0) is 0 Å². The predicted octanol–water partition coefficient (Wildman–Crippen LogP) is 3.88. The number of aromatic amines is 1. The second kappa shape index (κ2) is 6.53. The van der Waals surface area contributed by atoms with Crippen molar-refractivity contribution < 1.29 is 14.8 Å². The first-order valence-corrected chi connectivity index (χ1v) is 7.63. The van der Waals surface area contributed by atoms with Crippen molar-refractivity contribution in [3.8, 4) is 11.8 Å². The van der Waals surface area contributed by atoms with Crippen LogP contribution in [-0.4, -0.2) is 20.8 Å². The van der Waals surface area contributed by atoms with E-state index in [9.17, 15) is 25.3 Å². The Morgan fingerprint density at radius 1 is 1.35 bits per heavy atom. The number of Topliss-reactive ketones (excluding diaryl/α,β-unsaturated/α-hetero) is 1. The van der Waals surface area contributed by atoms with Crippen LogP contribution in [0.2, 0.25) is 0 Å². The maximum atomic E-state index is 12.8. The van der Waals surface area contributed by atoms with E-state index in [0.29, 0.717) is 5.56 Å². The van der Waals surface area contributed by atoms with Gasteiger partial charge in [0.25, 0.3) is 0 Å². The van der Waals surface area contributed by atoms with E-state index in [1.54, 1.807) is 6.20 Å². The maximum absolute atomic E-state index is 12.8. The lowest BCUT2D eigenvalue weighted by atomic mass is 9.99. The largest absolute Gasteiger partial charge is 0.502 e. The molecule has 7 heteroatoms. The van der Waals surface area contributed by atoms with Crippen LogP contribution >= 0.6 is 0 Å². The van der Waals surface area contributed by atoms with Gasteiger partial charge in [0, 0.05) is 28.7 Å². The maximum Gasteiger partial charge on any atom is 0.311 e. The van der Waals surface area contributed by atoms with Gasteiger partial charge >= 0.3 is 5.69 Å². The number of ketones is 1. The number of carbonyl (C=O) groups is 1. The molecular formula is C19H13N3O4. The number of benzene rings is 2. The van der Waals surface area contributed by atoms with Crippen LogP contribution in [0.4, 0.5) is 5.69 Å². The number of phenols is 1. The third-order valence-corrected chi connectivity index (χ3v) is 4.03. The van der Waals surface area contributed by atoms with Crippen LogP contribution < -0.4 is 0 Å². The number of nitro benzene ring substituents is 1. The highest BCUT2D eigenvalue weighted by Crippen LogP contribution is 2.28. The summed E-state index contributed by atoms with van der Waals surface area (Å²) in [6.07, 6.45) is 2.82. The van der Waals surface area contributed by atoms with Crippen molar-refractivity contribution in [2.24, 2.45) is 0 Å². The standard InChI is InChI=1S/C19H13N3O4/c1-11-3-2-4-15-18(11)14(10-21-15)19(24)13(9-20)7-12-5-6-17(23)16(8-12)22(25)26/h2-8,10,21,23H,1H3/b13-7-. The summed E-state index contributed by atoms with van der Waals surface area (Å²) >= 11 is 0. The van der Waals surface area contributed by atoms with Gasteiger partial charge in [-0.25, -0.2) is 0 Å². The summed E-state index contributed by atoms with van der Waals surface area (Å²) < 4.78 is 0. The topological polar surface area (TPSA) is 120 Å². The number of nitriles is 1. The van der Waals surface area contributed by atoms with Crippen LogP contribution in [0.15, 0.2) is 48.2 Å². The fraction of sp³-hybridized carbons (Fsp3) is 0.0526. The van der Waals surface area contributed by atoms with Crippen molar-refractivity contribution in [2.75, 3.05) is 0 Å². The molecule has 7 nitrogen and oxygen atoms in total. The van der Waals surface area contributed by atoms with Gasteiger partial charge in [-0.05, 0) is 36.3 Å². The van der Waals surface area contributed by atoms with Gasteiger partial charge in [0.2, 0.25) is 5.78 Å². The molecule has 0 amide bonds. The molecule has 0 saturated carbocycles. The highest BCUT2D eigenvalue weighted by Gasteiger charge is 2.19. The van der Waals surface area contributed by atoms with Gasteiger partial charge in [-0.2, -0.15) is 5.26 Å². The van der Waals surface area contributed by atoms with E-state index in [1.165, 1.54) is 12.1 Å². The number of aromatic hydroxyl groups is 1. The number of fused-ring (bicyclic) bond motifs is 1. The molecule has 1 aromatic heterocycles. The second-order valence-electron chi connectivity index (χ2n) is 5.70. The molecule has 1 heterocycles. The number of aromatic nitrogens is 1. The Hall–Kier alpha value is -3.92. The minimum Gasteiger partial charge on any atom is -0.502 e. The summed E-state index contributed by atoms with van der Waals surface area (Å²) in [6.45, 7) is 1.87. The van der Waals surface area contributed by atoms with Crippen molar-refractivity contribution in [3.05, 3.63) is 75.0 Å². The third-order valence-electron chi connectivity index (χ3n) is 4.03. The van der Waals surface area contributed by atoms with Crippen LogP contribution in [0, 0.1) is 28.4 Å². The second-order valence-corrected chi connectivity index (χ2v) is 5.70. The molecule has 0 saturated heterocycles. The number of allylic oxidation sites excluding steroid dienone is 1. The first-order chi connectivity index (χ1) is 12.4. The number of hydrogen-bond donors (Lipinski definition) is 2. The number of hydrogen-bond acceptors (Lipinski definition) is 5. The van der Waals surface area contributed by atoms with Crippen LogP contribution in [0.5, 0.6) is 5.75 Å². The van der Waals surface area contributed by atoms with Gasteiger partial charge in [-0.1, -0.05) is 18.2 Å². The fourth-order valence-corrected chi connectivity index (χ4v) is 2.78. The molecule has 128 valence electrons.